The number of nitrogens with two attached hydrogens (primary N) is 1. The van der Waals surface area contributed by atoms with E-state index in [9.17, 15) is 4.79 Å². The van der Waals surface area contributed by atoms with E-state index in [2.05, 4.69) is 24.1 Å². The zero-order valence-electron chi connectivity index (χ0n) is 14.5. The standard InChI is InChI=1S/C18H29N3O2/c1-4-23-15-7-5-6-14(10-15)11-20-17(22)12-21-9-8-16(19)18(2,3)13-21/h5-7,10,16H,4,8-9,11-13,19H2,1-3H3,(H,20,22). The quantitative estimate of drug-likeness (QED) is 0.838. The van der Waals surface area contributed by atoms with Gasteiger partial charge in [-0.25, -0.2) is 0 Å². The van der Waals surface area contributed by atoms with Crippen molar-refractivity contribution in [2.24, 2.45) is 11.1 Å². The highest BCUT2D eigenvalue weighted by atomic mass is 16.5. The summed E-state index contributed by atoms with van der Waals surface area (Å²) in [6.07, 6.45) is 0.941. The van der Waals surface area contributed by atoms with E-state index in [4.69, 9.17) is 10.5 Å². The Balaban J connectivity index is 1.80. The number of rotatable bonds is 6. The lowest BCUT2D eigenvalue weighted by Crippen LogP contribution is -2.54. The molecule has 1 saturated heterocycles. The molecule has 128 valence electrons. The molecule has 1 atom stereocenters. The number of carbonyl (C=O) groups excluding carboxylic acids is 1. The number of nitrogens with zero attached hydrogens (tertiary/aromatic N) is 1. The average molecular weight is 319 g/mol. The van der Waals surface area contributed by atoms with Gasteiger partial charge >= 0.3 is 0 Å². The van der Waals surface area contributed by atoms with Gasteiger partial charge in [0.25, 0.3) is 0 Å². The summed E-state index contributed by atoms with van der Waals surface area (Å²) < 4.78 is 5.47. The van der Waals surface area contributed by atoms with Crippen LogP contribution in [0, 0.1) is 5.41 Å². The minimum Gasteiger partial charge on any atom is -0.494 e. The Kier molecular flexibility index (Phi) is 6.02. The third kappa shape index (κ3) is 5.22. The third-order valence-corrected chi connectivity index (χ3v) is 4.46. The van der Waals surface area contributed by atoms with Crippen molar-refractivity contribution in [3.63, 3.8) is 0 Å². The Bertz CT molecular complexity index is 531. The van der Waals surface area contributed by atoms with Crippen molar-refractivity contribution in [1.82, 2.24) is 10.2 Å². The first-order chi connectivity index (χ1) is 10.9. The summed E-state index contributed by atoms with van der Waals surface area (Å²) in [5, 5.41) is 2.99. The number of ether oxygens (including phenoxy) is 1. The lowest BCUT2D eigenvalue weighted by atomic mass is 9.80. The number of piperidine rings is 1. The molecule has 1 amide bonds. The molecule has 1 aromatic carbocycles. The van der Waals surface area contributed by atoms with E-state index in [0.717, 1.165) is 30.8 Å². The van der Waals surface area contributed by atoms with Crippen molar-refractivity contribution in [2.45, 2.75) is 39.8 Å². The number of carbonyl (C=O) groups is 1. The van der Waals surface area contributed by atoms with E-state index < -0.39 is 0 Å². The fraction of sp³-hybridized carbons (Fsp3) is 0.611. The fourth-order valence-corrected chi connectivity index (χ4v) is 2.99. The predicted octanol–water partition coefficient (Wildman–Crippen LogP) is 1.76. The summed E-state index contributed by atoms with van der Waals surface area (Å²) in [5.41, 5.74) is 7.25. The minimum atomic E-state index is 0.0538. The maximum absolute atomic E-state index is 12.2. The first-order valence-corrected chi connectivity index (χ1v) is 8.37. The molecular formula is C18H29N3O2. The molecule has 3 N–H and O–H groups in total. The van der Waals surface area contributed by atoms with Crippen LogP contribution in [0.3, 0.4) is 0 Å². The Morgan fingerprint density at radius 2 is 2.26 bits per heavy atom. The van der Waals surface area contributed by atoms with Gasteiger partial charge in [-0.15, -0.1) is 0 Å². The predicted molar refractivity (Wildman–Crippen MR) is 92.3 cm³/mol. The fourth-order valence-electron chi connectivity index (χ4n) is 2.99. The number of benzene rings is 1. The molecule has 1 unspecified atom stereocenters. The van der Waals surface area contributed by atoms with Crippen LogP contribution in [0.1, 0.15) is 32.8 Å². The van der Waals surface area contributed by atoms with Crippen molar-refractivity contribution >= 4 is 5.91 Å². The molecule has 0 radical (unpaired) electrons. The number of likely N-dealkylation sites (tertiary alicyclic amines) is 1. The molecule has 23 heavy (non-hydrogen) atoms. The van der Waals surface area contributed by atoms with Crippen LogP contribution in [0.15, 0.2) is 24.3 Å². The highest BCUT2D eigenvalue weighted by molar-refractivity contribution is 5.78. The van der Waals surface area contributed by atoms with Crippen LogP contribution in [0.5, 0.6) is 5.75 Å². The summed E-state index contributed by atoms with van der Waals surface area (Å²) in [4.78, 5) is 14.4. The van der Waals surface area contributed by atoms with Gasteiger partial charge in [-0.1, -0.05) is 26.0 Å². The zero-order valence-corrected chi connectivity index (χ0v) is 14.5. The molecule has 0 spiro atoms. The molecular weight excluding hydrogens is 290 g/mol. The number of hydrogen-bond acceptors (Lipinski definition) is 4. The molecule has 5 nitrogen and oxygen atoms in total. The van der Waals surface area contributed by atoms with Crippen molar-refractivity contribution in [1.29, 1.82) is 0 Å². The average Bonchev–Trinajstić information content (AvgIpc) is 2.49. The SMILES string of the molecule is CCOc1cccc(CNC(=O)CN2CCC(N)C(C)(C)C2)c1. The maximum Gasteiger partial charge on any atom is 0.234 e. The Morgan fingerprint density at radius 3 is 2.96 bits per heavy atom. The summed E-state index contributed by atoms with van der Waals surface area (Å²) in [6.45, 7) is 9.64. The second-order valence-electron chi connectivity index (χ2n) is 6.95. The maximum atomic E-state index is 12.2. The molecule has 0 aromatic heterocycles. The van der Waals surface area contributed by atoms with Gasteiger partial charge in [-0.2, -0.15) is 0 Å². The number of nitrogens with one attached hydrogen (secondary N) is 1. The molecule has 1 fully saturated rings. The van der Waals surface area contributed by atoms with Crippen LogP contribution < -0.4 is 15.8 Å². The summed E-state index contributed by atoms with van der Waals surface area (Å²) in [5.74, 6) is 0.893. The van der Waals surface area contributed by atoms with Crippen LogP contribution in [0.2, 0.25) is 0 Å². The molecule has 1 aromatic rings. The summed E-state index contributed by atoms with van der Waals surface area (Å²) in [6, 6.07) is 8.04. The Hall–Kier alpha value is -1.59. The summed E-state index contributed by atoms with van der Waals surface area (Å²) in [7, 11) is 0. The van der Waals surface area contributed by atoms with Gasteiger partial charge in [0, 0.05) is 25.7 Å². The Morgan fingerprint density at radius 1 is 1.48 bits per heavy atom. The van der Waals surface area contributed by atoms with E-state index >= 15 is 0 Å². The van der Waals surface area contributed by atoms with Crippen molar-refractivity contribution in [3.8, 4) is 5.75 Å². The van der Waals surface area contributed by atoms with E-state index in [1.54, 1.807) is 0 Å². The molecule has 1 aliphatic heterocycles. The Labute approximate surface area is 139 Å². The molecule has 2 rings (SSSR count). The first kappa shape index (κ1) is 17.8. The first-order valence-electron chi connectivity index (χ1n) is 8.37. The molecule has 0 bridgehead atoms. The third-order valence-electron chi connectivity index (χ3n) is 4.46. The number of hydrogen-bond donors (Lipinski definition) is 2. The second-order valence-corrected chi connectivity index (χ2v) is 6.95. The van der Waals surface area contributed by atoms with Crippen molar-refractivity contribution in [3.05, 3.63) is 29.8 Å². The summed E-state index contributed by atoms with van der Waals surface area (Å²) >= 11 is 0. The van der Waals surface area contributed by atoms with Crippen LogP contribution in [-0.4, -0.2) is 43.1 Å². The topological polar surface area (TPSA) is 67.6 Å². The highest BCUT2D eigenvalue weighted by Crippen LogP contribution is 2.27. The van der Waals surface area contributed by atoms with Gasteiger partial charge < -0.3 is 15.8 Å². The second kappa shape index (κ2) is 7.79. The molecule has 5 heteroatoms. The highest BCUT2D eigenvalue weighted by Gasteiger charge is 2.33. The molecule has 0 aliphatic carbocycles. The van der Waals surface area contributed by atoms with Crippen molar-refractivity contribution < 1.29 is 9.53 Å². The smallest absolute Gasteiger partial charge is 0.234 e. The molecule has 0 saturated carbocycles. The van der Waals surface area contributed by atoms with Crippen LogP contribution in [0.25, 0.3) is 0 Å². The largest absolute Gasteiger partial charge is 0.494 e. The molecule has 1 aliphatic rings. The van der Waals surface area contributed by atoms with Crippen molar-refractivity contribution in [2.75, 3.05) is 26.2 Å². The van der Waals surface area contributed by atoms with E-state index in [1.807, 2.05) is 31.2 Å². The van der Waals surface area contributed by atoms with Gasteiger partial charge in [0.1, 0.15) is 5.75 Å². The van der Waals surface area contributed by atoms with Crippen LogP contribution in [-0.2, 0) is 11.3 Å². The lowest BCUT2D eigenvalue weighted by molar-refractivity contribution is -0.123. The normalized spacial score (nSPS) is 21.0. The monoisotopic (exact) mass is 319 g/mol. The van der Waals surface area contributed by atoms with Gasteiger partial charge in [-0.05, 0) is 36.5 Å². The zero-order chi connectivity index (χ0) is 16.9. The van der Waals surface area contributed by atoms with E-state index in [1.165, 1.54) is 0 Å². The molecule has 1 heterocycles. The van der Waals surface area contributed by atoms with E-state index in [-0.39, 0.29) is 17.4 Å². The van der Waals surface area contributed by atoms with E-state index in [0.29, 0.717) is 19.7 Å². The van der Waals surface area contributed by atoms with Gasteiger partial charge in [0.05, 0.1) is 13.2 Å². The van der Waals surface area contributed by atoms with Gasteiger partial charge in [0.15, 0.2) is 0 Å². The number of amides is 1. The minimum absolute atomic E-state index is 0.0538. The van der Waals surface area contributed by atoms with Gasteiger partial charge in [0.2, 0.25) is 5.91 Å². The lowest BCUT2D eigenvalue weighted by Gasteiger charge is -2.42. The van der Waals surface area contributed by atoms with Crippen LogP contribution >= 0.6 is 0 Å². The van der Waals surface area contributed by atoms with Crippen LogP contribution in [0.4, 0.5) is 0 Å². The van der Waals surface area contributed by atoms with Gasteiger partial charge in [-0.3, -0.25) is 9.69 Å².